The third kappa shape index (κ3) is 5.20. The molecule has 0 unspecified atom stereocenters. The van der Waals surface area contributed by atoms with Gasteiger partial charge in [0.05, 0.1) is 0 Å². The van der Waals surface area contributed by atoms with Gasteiger partial charge in [-0.05, 0) is 25.7 Å². The molecule has 0 spiro atoms. The Balaban J connectivity index is 0.000000171. The topological polar surface area (TPSA) is 40.6 Å². The second-order valence-electron chi connectivity index (χ2n) is 4.84. The molecule has 2 aliphatic heterocycles. The first-order valence-electron chi connectivity index (χ1n) is 6.60. The summed E-state index contributed by atoms with van der Waals surface area (Å²) in [5.41, 5.74) is 0. The summed E-state index contributed by atoms with van der Waals surface area (Å²) in [5, 5.41) is 0. The lowest BCUT2D eigenvalue weighted by Gasteiger charge is -2.11. The molecule has 2 fully saturated rings. The smallest absolute Gasteiger partial charge is 0.222 e. The maximum atomic E-state index is 10.9. The molecule has 2 amide bonds. The van der Waals surface area contributed by atoms with E-state index in [-0.39, 0.29) is 5.91 Å². The molecule has 0 bridgehead atoms. The van der Waals surface area contributed by atoms with Crippen LogP contribution in [0.4, 0.5) is 0 Å². The molecule has 0 saturated carbocycles. The molecule has 4 nitrogen and oxygen atoms in total. The lowest BCUT2D eigenvalue weighted by Crippen LogP contribution is -2.25. The number of rotatable bonds is 0. The number of nitrogens with zero attached hydrogens (tertiary/aromatic N) is 2. The second-order valence-corrected chi connectivity index (χ2v) is 4.84. The van der Waals surface area contributed by atoms with Gasteiger partial charge in [0.25, 0.3) is 0 Å². The van der Waals surface area contributed by atoms with Crippen LogP contribution < -0.4 is 0 Å². The van der Waals surface area contributed by atoms with Gasteiger partial charge in [-0.1, -0.05) is 6.42 Å². The molecule has 17 heavy (non-hydrogen) atoms. The Morgan fingerprint density at radius 3 is 2.12 bits per heavy atom. The molecule has 2 heterocycles. The van der Waals surface area contributed by atoms with Crippen LogP contribution in [0, 0.1) is 0 Å². The lowest BCUT2D eigenvalue weighted by atomic mass is 10.2. The van der Waals surface area contributed by atoms with Crippen molar-refractivity contribution >= 4 is 11.8 Å². The Hall–Kier alpha value is -1.06. The van der Waals surface area contributed by atoms with Crippen molar-refractivity contribution in [3.8, 4) is 0 Å². The molecule has 0 radical (unpaired) electrons. The largest absolute Gasteiger partial charge is 0.346 e. The van der Waals surface area contributed by atoms with Gasteiger partial charge >= 0.3 is 0 Å². The van der Waals surface area contributed by atoms with E-state index in [1.807, 2.05) is 16.8 Å². The van der Waals surface area contributed by atoms with Crippen LogP contribution in [0.15, 0.2) is 0 Å². The van der Waals surface area contributed by atoms with Gasteiger partial charge in [0, 0.05) is 40.0 Å². The summed E-state index contributed by atoms with van der Waals surface area (Å²) < 4.78 is 0. The Morgan fingerprint density at radius 1 is 1.00 bits per heavy atom. The van der Waals surface area contributed by atoms with Gasteiger partial charge in [0.15, 0.2) is 0 Å². The molecule has 98 valence electrons. The zero-order valence-corrected chi connectivity index (χ0v) is 11.1. The van der Waals surface area contributed by atoms with Crippen LogP contribution in [0.2, 0.25) is 0 Å². The third-order valence-electron chi connectivity index (χ3n) is 3.36. The van der Waals surface area contributed by atoms with E-state index >= 15 is 0 Å². The van der Waals surface area contributed by atoms with E-state index in [2.05, 4.69) is 0 Å². The molecular weight excluding hydrogens is 216 g/mol. The van der Waals surface area contributed by atoms with Crippen LogP contribution in [0.5, 0.6) is 0 Å². The van der Waals surface area contributed by atoms with Gasteiger partial charge in [-0.25, -0.2) is 0 Å². The summed E-state index contributed by atoms with van der Waals surface area (Å²) in [6.45, 7) is 4.55. The number of hydrogen-bond donors (Lipinski definition) is 0. The van der Waals surface area contributed by atoms with E-state index in [9.17, 15) is 9.59 Å². The van der Waals surface area contributed by atoms with Gasteiger partial charge < -0.3 is 9.80 Å². The summed E-state index contributed by atoms with van der Waals surface area (Å²) in [6.07, 6.45) is 6.64. The number of likely N-dealkylation sites (tertiary alicyclic amines) is 2. The molecule has 0 aromatic carbocycles. The van der Waals surface area contributed by atoms with E-state index in [1.165, 1.54) is 25.7 Å². The fourth-order valence-corrected chi connectivity index (χ4v) is 2.15. The highest BCUT2D eigenvalue weighted by molar-refractivity contribution is 5.76. The predicted molar refractivity (Wildman–Crippen MR) is 67.6 cm³/mol. The van der Waals surface area contributed by atoms with Crippen LogP contribution in [0.1, 0.15) is 45.4 Å². The van der Waals surface area contributed by atoms with Crippen molar-refractivity contribution in [1.29, 1.82) is 0 Å². The number of hydrogen-bond acceptors (Lipinski definition) is 2. The van der Waals surface area contributed by atoms with E-state index in [0.29, 0.717) is 5.91 Å². The first kappa shape index (κ1) is 14.0. The molecule has 0 atom stereocenters. The fourth-order valence-electron chi connectivity index (χ4n) is 2.15. The third-order valence-corrected chi connectivity index (χ3v) is 3.36. The average molecular weight is 240 g/mol. The van der Waals surface area contributed by atoms with Gasteiger partial charge in [0.1, 0.15) is 0 Å². The van der Waals surface area contributed by atoms with Crippen LogP contribution in [-0.2, 0) is 9.59 Å². The van der Waals surface area contributed by atoms with Crippen LogP contribution in [-0.4, -0.2) is 48.3 Å². The van der Waals surface area contributed by atoms with Crippen molar-refractivity contribution in [2.45, 2.75) is 45.4 Å². The predicted octanol–water partition coefficient (Wildman–Crippen LogP) is 1.65. The van der Waals surface area contributed by atoms with E-state index in [0.717, 1.165) is 32.5 Å². The van der Waals surface area contributed by atoms with Crippen LogP contribution in [0.25, 0.3) is 0 Å². The van der Waals surface area contributed by atoms with Crippen LogP contribution in [0.3, 0.4) is 0 Å². The summed E-state index contributed by atoms with van der Waals surface area (Å²) in [4.78, 5) is 25.2. The Morgan fingerprint density at radius 2 is 1.59 bits per heavy atom. The first-order valence-corrected chi connectivity index (χ1v) is 6.60. The highest BCUT2D eigenvalue weighted by Crippen LogP contribution is 2.08. The van der Waals surface area contributed by atoms with E-state index < -0.39 is 0 Å². The SMILES string of the molecule is CC(=O)N1CCCC1.CN1CCCCCC1=O. The molecule has 0 aromatic rings. The van der Waals surface area contributed by atoms with Gasteiger partial charge in [-0.2, -0.15) is 0 Å². The normalized spacial score (nSPS) is 20.7. The minimum atomic E-state index is 0.225. The van der Waals surface area contributed by atoms with Gasteiger partial charge in [-0.15, -0.1) is 0 Å². The van der Waals surface area contributed by atoms with Crippen molar-refractivity contribution in [2.75, 3.05) is 26.7 Å². The minimum absolute atomic E-state index is 0.225. The second kappa shape index (κ2) is 7.30. The highest BCUT2D eigenvalue weighted by atomic mass is 16.2. The molecule has 2 saturated heterocycles. The van der Waals surface area contributed by atoms with Gasteiger partial charge in [-0.3, -0.25) is 9.59 Å². The fraction of sp³-hybridized carbons (Fsp3) is 0.846. The zero-order chi connectivity index (χ0) is 12.7. The number of carbonyl (C=O) groups excluding carboxylic acids is 2. The Kier molecular flexibility index (Phi) is 6.01. The van der Waals surface area contributed by atoms with Gasteiger partial charge in [0.2, 0.25) is 11.8 Å². The molecule has 0 N–H and O–H groups in total. The van der Waals surface area contributed by atoms with Crippen molar-refractivity contribution < 1.29 is 9.59 Å². The molecule has 0 aliphatic carbocycles. The van der Waals surface area contributed by atoms with Crippen molar-refractivity contribution in [2.24, 2.45) is 0 Å². The van der Waals surface area contributed by atoms with E-state index in [1.54, 1.807) is 6.92 Å². The monoisotopic (exact) mass is 240 g/mol. The first-order chi connectivity index (χ1) is 8.11. The van der Waals surface area contributed by atoms with Crippen molar-refractivity contribution in [1.82, 2.24) is 9.80 Å². The standard InChI is InChI=1S/C7H13NO.C6H11NO/c1-8-6-4-2-3-5-7(8)9;1-6(8)7-4-2-3-5-7/h2-6H2,1H3;2-5H2,1H3. The molecule has 4 heteroatoms. The number of carbonyl (C=O) groups is 2. The molecule has 2 aliphatic rings. The zero-order valence-electron chi connectivity index (χ0n) is 11.1. The molecule has 2 rings (SSSR count). The summed E-state index contributed by atoms with van der Waals surface area (Å²) in [6, 6.07) is 0. The quantitative estimate of drug-likeness (QED) is 0.646. The highest BCUT2D eigenvalue weighted by Gasteiger charge is 2.12. The van der Waals surface area contributed by atoms with Crippen LogP contribution >= 0.6 is 0 Å². The Labute approximate surface area is 104 Å². The Bertz CT molecular complexity index is 260. The van der Waals surface area contributed by atoms with E-state index in [4.69, 9.17) is 0 Å². The molecule has 0 aromatic heterocycles. The molecular formula is C13H24N2O2. The summed E-state index contributed by atoms with van der Waals surface area (Å²) in [7, 11) is 1.88. The summed E-state index contributed by atoms with van der Waals surface area (Å²) in [5.74, 6) is 0.537. The lowest BCUT2D eigenvalue weighted by molar-refractivity contribution is -0.129. The van der Waals surface area contributed by atoms with Crippen molar-refractivity contribution in [3.63, 3.8) is 0 Å². The number of amides is 2. The maximum absolute atomic E-state index is 10.9. The summed E-state index contributed by atoms with van der Waals surface area (Å²) >= 11 is 0. The minimum Gasteiger partial charge on any atom is -0.346 e. The van der Waals surface area contributed by atoms with Crippen molar-refractivity contribution in [3.05, 3.63) is 0 Å². The maximum Gasteiger partial charge on any atom is 0.222 e. The average Bonchev–Trinajstić information content (AvgIpc) is 2.76.